The van der Waals surface area contributed by atoms with Crippen molar-refractivity contribution in [3.05, 3.63) is 39.7 Å². The van der Waals surface area contributed by atoms with Crippen molar-refractivity contribution >= 4 is 27.0 Å². The Hall–Kier alpha value is -2.39. The van der Waals surface area contributed by atoms with Crippen molar-refractivity contribution in [2.45, 2.75) is 32.8 Å². The summed E-state index contributed by atoms with van der Waals surface area (Å²) in [5, 5.41) is 10.6. The highest BCUT2D eigenvalue weighted by molar-refractivity contribution is 7.88. The molecule has 1 N–H and O–H groups in total. The maximum atomic E-state index is 12.4. The lowest BCUT2D eigenvalue weighted by molar-refractivity contribution is -0.151. The predicted molar refractivity (Wildman–Crippen MR) is 102 cm³/mol. The monoisotopic (exact) mass is 409 g/mol. The maximum absolute atomic E-state index is 12.4. The third-order valence-corrected chi connectivity index (χ3v) is 6.34. The molecule has 28 heavy (non-hydrogen) atoms. The number of piperidine rings is 1. The highest BCUT2D eigenvalue weighted by Crippen LogP contribution is 2.28. The van der Waals surface area contributed by atoms with Gasteiger partial charge in [0, 0.05) is 36.2 Å². The lowest BCUT2D eigenvalue weighted by atomic mass is 9.98. The van der Waals surface area contributed by atoms with Gasteiger partial charge in [0.15, 0.2) is 0 Å². The van der Waals surface area contributed by atoms with Gasteiger partial charge in [0.05, 0.1) is 12.2 Å². The van der Waals surface area contributed by atoms with Gasteiger partial charge < -0.3 is 14.3 Å². The SMILES string of the molecule is CCc1cc2c(COC(=O)C3CCN(S(C)(=O)=O)CC3)cc(=O)oc2cc1O. The number of phenolic OH excluding ortho intramolecular Hbond substituents is 1. The molecular formula is C19H23NO7S. The first-order valence-corrected chi connectivity index (χ1v) is 10.9. The summed E-state index contributed by atoms with van der Waals surface area (Å²) in [6.45, 7) is 2.37. The van der Waals surface area contributed by atoms with Crippen molar-refractivity contribution in [3.8, 4) is 5.75 Å². The van der Waals surface area contributed by atoms with E-state index in [1.54, 1.807) is 6.07 Å². The van der Waals surface area contributed by atoms with E-state index in [4.69, 9.17) is 9.15 Å². The number of aryl methyl sites for hydroxylation is 1. The van der Waals surface area contributed by atoms with E-state index in [9.17, 15) is 23.1 Å². The Labute approximate surface area is 162 Å². The van der Waals surface area contributed by atoms with Gasteiger partial charge in [-0.3, -0.25) is 4.79 Å². The summed E-state index contributed by atoms with van der Waals surface area (Å²) < 4.78 is 35.0. The molecule has 1 aliphatic rings. The van der Waals surface area contributed by atoms with Crippen molar-refractivity contribution < 1.29 is 27.5 Å². The van der Waals surface area contributed by atoms with Gasteiger partial charge in [-0.05, 0) is 30.9 Å². The topological polar surface area (TPSA) is 114 Å². The number of hydrogen-bond donors (Lipinski definition) is 1. The molecule has 0 aliphatic carbocycles. The minimum absolute atomic E-state index is 0.0462. The molecule has 2 aromatic rings. The van der Waals surface area contributed by atoms with Crippen molar-refractivity contribution in [2.75, 3.05) is 19.3 Å². The zero-order valence-corrected chi connectivity index (χ0v) is 16.6. The summed E-state index contributed by atoms with van der Waals surface area (Å²) in [7, 11) is -3.25. The third kappa shape index (κ3) is 4.36. The summed E-state index contributed by atoms with van der Waals surface area (Å²) in [6.07, 6.45) is 2.55. The Bertz CT molecular complexity index is 1050. The van der Waals surface area contributed by atoms with Crippen LogP contribution in [0.1, 0.15) is 30.9 Å². The Morgan fingerprint density at radius 1 is 1.25 bits per heavy atom. The molecule has 1 aliphatic heterocycles. The fourth-order valence-corrected chi connectivity index (χ4v) is 4.27. The van der Waals surface area contributed by atoms with Gasteiger partial charge in [-0.2, -0.15) is 0 Å². The van der Waals surface area contributed by atoms with Crippen molar-refractivity contribution in [2.24, 2.45) is 5.92 Å². The molecule has 0 radical (unpaired) electrons. The van der Waals surface area contributed by atoms with Crippen LogP contribution in [0.25, 0.3) is 11.0 Å². The molecule has 0 spiro atoms. The number of fused-ring (bicyclic) bond motifs is 1. The summed E-state index contributed by atoms with van der Waals surface area (Å²) in [4.78, 5) is 24.2. The molecule has 8 nitrogen and oxygen atoms in total. The van der Waals surface area contributed by atoms with Gasteiger partial charge in [-0.15, -0.1) is 0 Å². The van der Waals surface area contributed by atoms with E-state index in [-0.39, 0.29) is 36.9 Å². The molecule has 1 aromatic heterocycles. The van der Waals surface area contributed by atoms with Crippen molar-refractivity contribution in [3.63, 3.8) is 0 Å². The van der Waals surface area contributed by atoms with Gasteiger partial charge >= 0.3 is 11.6 Å². The molecule has 0 atom stereocenters. The van der Waals surface area contributed by atoms with Crippen molar-refractivity contribution in [1.29, 1.82) is 0 Å². The molecule has 0 saturated carbocycles. The second kappa shape index (κ2) is 7.92. The van der Waals surface area contributed by atoms with Crippen LogP contribution in [0.15, 0.2) is 27.4 Å². The van der Waals surface area contributed by atoms with Crippen LogP contribution in [-0.2, 0) is 32.6 Å². The molecule has 0 unspecified atom stereocenters. The summed E-state index contributed by atoms with van der Waals surface area (Å²) in [6, 6.07) is 4.39. The minimum atomic E-state index is -3.25. The molecule has 1 fully saturated rings. The summed E-state index contributed by atoms with van der Waals surface area (Å²) in [5.74, 6) is -0.742. The van der Waals surface area contributed by atoms with Crippen LogP contribution in [0.3, 0.4) is 0 Å². The number of hydrogen-bond acceptors (Lipinski definition) is 7. The van der Waals surface area contributed by atoms with E-state index in [1.807, 2.05) is 6.92 Å². The number of nitrogens with zero attached hydrogens (tertiary/aromatic N) is 1. The van der Waals surface area contributed by atoms with Crippen molar-refractivity contribution in [1.82, 2.24) is 4.31 Å². The van der Waals surface area contributed by atoms with E-state index in [0.29, 0.717) is 35.8 Å². The molecule has 1 aromatic carbocycles. The normalized spacial score (nSPS) is 16.4. The minimum Gasteiger partial charge on any atom is -0.508 e. The Morgan fingerprint density at radius 2 is 1.93 bits per heavy atom. The Morgan fingerprint density at radius 3 is 2.54 bits per heavy atom. The number of esters is 1. The van der Waals surface area contributed by atoms with Crippen LogP contribution in [-0.4, -0.2) is 43.1 Å². The van der Waals surface area contributed by atoms with E-state index < -0.39 is 21.6 Å². The number of carbonyl (C=O) groups is 1. The molecule has 0 amide bonds. The number of benzene rings is 1. The Balaban J connectivity index is 1.73. The van der Waals surface area contributed by atoms with Gasteiger partial charge in [-0.1, -0.05) is 6.92 Å². The van der Waals surface area contributed by atoms with Crippen LogP contribution in [0, 0.1) is 5.92 Å². The van der Waals surface area contributed by atoms with Crippen LogP contribution in [0.4, 0.5) is 0 Å². The second-order valence-corrected chi connectivity index (χ2v) is 8.95. The summed E-state index contributed by atoms with van der Waals surface area (Å²) in [5.41, 5.74) is 0.836. The fraction of sp³-hybridized carbons (Fsp3) is 0.474. The second-order valence-electron chi connectivity index (χ2n) is 6.97. The lowest BCUT2D eigenvalue weighted by Gasteiger charge is -2.28. The smallest absolute Gasteiger partial charge is 0.336 e. The van der Waals surface area contributed by atoms with Crippen LogP contribution < -0.4 is 5.63 Å². The first-order valence-electron chi connectivity index (χ1n) is 9.09. The molecule has 3 rings (SSSR count). The van der Waals surface area contributed by atoms with E-state index in [1.165, 1.54) is 16.4 Å². The van der Waals surface area contributed by atoms with Gasteiger partial charge in [0.25, 0.3) is 0 Å². The number of ether oxygens (including phenoxy) is 1. The van der Waals surface area contributed by atoms with E-state index >= 15 is 0 Å². The highest BCUT2D eigenvalue weighted by Gasteiger charge is 2.30. The van der Waals surface area contributed by atoms with E-state index in [2.05, 4.69) is 0 Å². The average molecular weight is 409 g/mol. The molecule has 152 valence electrons. The lowest BCUT2D eigenvalue weighted by Crippen LogP contribution is -2.40. The van der Waals surface area contributed by atoms with Gasteiger partial charge in [-0.25, -0.2) is 17.5 Å². The Kier molecular flexibility index (Phi) is 5.76. The maximum Gasteiger partial charge on any atom is 0.336 e. The average Bonchev–Trinajstić information content (AvgIpc) is 2.64. The molecule has 2 heterocycles. The fourth-order valence-electron chi connectivity index (χ4n) is 3.40. The number of aromatic hydroxyl groups is 1. The van der Waals surface area contributed by atoms with Crippen LogP contribution in [0.5, 0.6) is 5.75 Å². The largest absolute Gasteiger partial charge is 0.508 e. The number of phenols is 1. The van der Waals surface area contributed by atoms with Crippen LogP contribution >= 0.6 is 0 Å². The number of sulfonamides is 1. The quantitative estimate of drug-likeness (QED) is 0.591. The standard InChI is InChI=1S/C19H23NO7S/c1-3-12-8-15-14(9-18(22)27-17(15)10-16(12)21)11-26-19(23)13-4-6-20(7-5-13)28(2,24)25/h8-10,13,21H,3-7,11H2,1-2H3. The molecule has 0 bridgehead atoms. The molecule has 9 heteroatoms. The van der Waals surface area contributed by atoms with E-state index in [0.717, 1.165) is 6.26 Å². The van der Waals surface area contributed by atoms with Crippen LogP contribution in [0.2, 0.25) is 0 Å². The predicted octanol–water partition coefficient (Wildman–Crippen LogP) is 1.78. The highest BCUT2D eigenvalue weighted by atomic mass is 32.2. The first-order chi connectivity index (χ1) is 13.2. The van der Waals surface area contributed by atoms with Gasteiger partial charge in [0.1, 0.15) is 17.9 Å². The third-order valence-electron chi connectivity index (χ3n) is 5.04. The molecular weight excluding hydrogens is 386 g/mol. The number of carbonyl (C=O) groups excluding carboxylic acids is 1. The zero-order chi connectivity index (χ0) is 20.5. The van der Waals surface area contributed by atoms with Gasteiger partial charge in [0.2, 0.25) is 10.0 Å². The summed E-state index contributed by atoms with van der Waals surface area (Å²) >= 11 is 0. The number of rotatable bonds is 5. The zero-order valence-electron chi connectivity index (χ0n) is 15.8. The molecule has 1 saturated heterocycles. The first kappa shape index (κ1) is 20.3.